The molecule has 0 spiro atoms. The fourth-order valence-electron chi connectivity index (χ4n) is 3.64. The second kappa shape index (κ2) is 10.0. The molecule has 4 rings (SSSR count). The average molecular weight is 449 g/mol. The van der Waals surface area contributed by atoms with E-state index in [-0.39, 0.29) is 29.2 Å². The van der Waals surface area contributed by atoms with E-state index in [2.05, 4.69) is 42.6 Å². The van der Waals surface area contributed by atoms with Gasteiger partial charge in [-0.05, 0) is 44.4 Å². The quantitative estimate of drug-likeness (QED) is 0.362. The predicted octanol–water partition coefficient (Wildman–Crippen LogP) is 4.28. The lowest BCUT2D eigenvalue weighted by Crippen LogP contribution is -2.38. The molecule has 1 fully saturated rings. The number of aromatic carboxylic acids is 1. The molecule has 3 aromatic rings. The van der Waals surface area contributed by atoms with Crippen LogP contribution in [-0.4, -0.2) is 44.8 Å². The Labute approximate surface area is 190 Å². The Bertz CT molecular complexity index is 1170. The topological polar surface area (TPSA) is 116 Å². The Balaban J connectivity index is 1.63. The van der Waals surface area contributed by atoms with Crippen molar-refractivity contribution >= 4 is 35.7 Å². The minimum absolute atomic E-state index is 0.128. The summed E-state index contributed by atoms with van der Waals surface area (Å²) in [5.41, 5.74) is 3.55. The van der Waals surface area contributed by atoms with Gasteiger partial charge < -0.3 is 15.3 Å². The van der Waals surface area contributed by atoms with Crippen LogP contribution in [0.1, 0.15) is 42.1 Å². The number of hydrazone groups is 1. The molecule has 1 atom stereocenters. The zero-order chi connectivity index (χ0) is 23.2. The summed E-state index contributed by atoms with van der Waals surface area (Å²) in [6.07, 6.45) is 4.58. The molecule has 0 aliphatic carbocycles. The molecular weight excluding hydrogens is 425 g/mol. The van der Waals surface area contributed by atoms with Crippen molar-refractivity contribution in [3.63, 3.8) is 0 Å². The molecule has 3 N–H and O–H groups in total. The summed E-state index contributed by atoms with van der Waals surface area (Å²) in [6, 6.07) is 13.0. The van der Waals surface area contributed by atoms with E-state index in [0.29, 0.717) is 11.5 Å². The predicted molar refractivity (Wildman–Crippen MR) is 125 cm³/mol. The van der Waals surface area contributed by atoms with Gasteiger partial charge in [0, 0.05) is 18.2 Å². The van der Waals surface area contributed by atoms with Crippen molar-refractivity contribution in [2.45, 2.75) is 32.2 Å². The van der Waals surface area contributed by atoms with Crippen LogP contribution in [-0.2, 0) is 0 Å². The summed E-state index contributed by atoms with van der Waals surface area (Å²) in [6.45, 7) is 2.92. The van der Waals surface area contributed by atoms with Gasteiger partial charge in [0.2, 0.25) is 17.8 Å². The molecule has 170 valence electrons. The number of carboxylic acid groups (broad SMARTS) is 1. The second-order valence-electron chi connectivity index (χ2n) is 7.69. The van der Waals surface area contributed by atoms with Crippen molar-refractivity contribution in [2.75, 3.05) is 22.2 Å². The molecule has 1 aromatic heterocycles. The van der Waals surface area contributed by atoms with Crippen LogP contribution in [0.25, 0.3) is 0 Å². The highest BCUT2D eigenvalue weighted by Gasteiger charge is 2.22. The summed E-state index contributed by atoms with van der Waals surface area (Å²) in [4.78, 5) is 26.8. The standard InChI is InChI=1S/C23H24FN7O2/c1-15-8-6-7-13-31(15)23-28-21(26-19-12-5-4-11-18(19)24)27-22(29-23)30-25-14-16-9-2-3-10-17(16)20(32)33/h2-5,9-12,14-15H,6-8,13H2,1H3,(H,32,33)(H2,26,27,28,29,30)/b25-14-/t15-/m1/s1. The zero-order valence-electron chi connectivity index (χ0n) is 18.1. The zero-order valence-corrected chi connectivity index (χ0v) is 18.1. The molecule has 1 aliphatic rings. The number of benzene rings is 2. The van der Waals surface area contributed by atoms with Crippen molar-refractivity contribution in [3.05, 3.63) is 65.5 Å². The van der Waals surface area contributed by atoms with E-state index in [9.17, 15) is 14.3 Å². The first kappa shape index (κ1) is 22.1. The number of hydrogen-bond acceptors (Lipinski definition) is 8. The van der Waals surface area contributed by atoms with Gasteiger partial charge in [-0.25, -0.2) is 14.6 Å². The number of nitrogens with one attached hydrogen (secondary N) is 2. The number of nitrogens with zero attached hydrogens (tertiary/aromatic N) is 5. The maximum absolute atomic E-state index is 14.2. The minimum atomic E-state index is -1.05. The van der Waals surface area contributed by atoms with Gasteiger partial charge in [0.1, 0.15) is 5.82 Å². The van der Waals surface area contributed by atoms with Gasteiger partial charge in [-0.1, -0.05) is 30.3 Å². The smallest absolute Gasteiger partial charge is 0.336 e. The molecule has 9 nitrogen and oxygen atoms in total. The minimum Gasteiger partial charge on any atom is -0.478 e. The van der Waals surface area contributed by atoms with Gasteiger partial charge in [-0.3, -0.25) is 0 Å². The molecule has 1 aliphatic heterocycles. The van der Waals surface area contributed by atoms with E-state index < -0.39 is 11.8 Å². The highest BCUT2D eigenvalue weighted by molar-refractivity contribution is 5.98. The van der Waals surface area contributed by atoms with Gasteiger partial charge in [0.05, 0.1) is 17.5 Å². The van der Waals surface area contributed by atoms with Gasteiger partial charge in [0.25, 0.3) is 0 Å². The van der Waals surface area contributed by atoms with Crippen LogP contribution >= 0.6 is 0 Å². The van der Waals surface area contributed by atoms with E-state index >= 15 is 0 Å². The van der Waals surface area contributed by atoms with Crippen molar-refractivity contribution in [2.24, 2.45) is 5.10 Å². The monoisotopic (exact) mass is 449 g/mol. The number of piperidine rings is 1. The van der Waals surface area contributed by atoms with E-state index in [4.69, 9.17) is 0 Å². The fraction of sp³-hybridized carbons (Fsp3) is 0.261. The largest absolute Gasteiger partial charge is 0.478 e. The van der Waals surface area contributed by atoms with Gasteiger partial charge in [-0.2, -0.15) is 20.1 Å². The molecule has 0 bridgehead atoms. The Morgan fingerprint density at radius 3 is 2.67 bits per heavy atom. The Kier molecular flexibility index (Phi) is 6.72. The molecule has 1 saturated heterocycles. The van der Waals surface area contributed by atoms with Gasteiger partial charge in [-0.15, -0.1) is 0 Å². The molecule has 0 unspecified atom stereocenters. The molecule has 2 aromatic carbocycles. The van der Waals surface area contributed by atoms with E-state index in [1.807, 2.05) is 0 Å². The maximum Gasteiger partial charge on any atom is 0.336 e. The van der Waals surface area contributed by atoms with Crippen LogP contribution < -0.4 is 15.6 Å². The molecular formula is C23H24FN7O2. The number of carbonyl (C=O) groups is 1. The molecule has 33 heavy (non-hydrogen) atoms. The summed E-state index contributed by atoms with van der Waals surface area (Å²) >= 11 is 0. The number of para-hydroxylation sites is 1. The first-order chi connectivity index (χ1) is 16.0. The van der Waals surface area contributed by atoms with Gasteiger partial charge >= 0.3 is 5.97 Å². The van der Waals surface area contributed by atoms with E-state index in [1.165, 1.54) is 18.3 Å². The molecule has 2 heterocycles. The molecule has 0 saturated carbocycles. The molecule has 0 radical (unpaired) electrons. The Morgan fingerprint density at radius 2 is 1.88 bits per heavy atom. The third-order valence-electron chi connectivity index (χ3n) is 5.36. The fourth-order valence-corrected chi connectivity index (χ4v) is 3.64. The lowest BCUT2D eigenvalue weighted by molar-refractivity contribution is 0.0696. The first-order valence-corrected chi connectivity index (χ1v) is 10.7. The third-order valence-corrected chi connectivity index (χ3v) is 5.36. The second-order valence-corrected chi connectivity index (χ2v) is 7.69. The third kappa shape index (κ3) is 5.40. The highest BCUT2D eigenvalue weighted by Crippen LogP contribution is 2.25. The number of carboxylic acids is 1. The number of hydrogen-bond donors (Lipinski definition) is 3. The van der Waals surface area contributed by atoms with E-state index in [1.54, 1.807) is 36.4 Å². The molecule has 10 heteroatoms. The first-order valence-electron chi connectivity index (χ1n) is 10.7. The van der Waals surface area contributed by atoms with Crippen LogP contribution in [0.5, 0.6) is 0 Å². The Hall–Kier alpha value is -4.08. The van der Waals surface area contributed by atoms with Crippen molar-refractivity contribution in [3.8, 4) is 0 Å². The van der Waals surface area contributed by atoms with Crippen LogP contribution in [0.3, 0.4) is 0 Å². The maximum atomic E-state index is 14.2. The van der Waals surface area contributed by atoms with Crippen LogP contribution in [0.2, 0.25) is 0 Å². The number of aromatic nitrogens is 3. The van der Waals surface area contributed by atoms with Crippen LogP contribution in [0.4, 0.5) is 27.9 Å². The van der Waals surface area contributed by atoms with Crippen molar-refractivity contribution in [1.82, 2.24) is 15.0 Å². The van der Waals surface area contributed by atoms with Crippen LogP contribution in [0, 0.1) is 5.82 Å². The van der Waals surface area contributed by atoms with Crippen LogP contribution in [0.15, 0.2) is 53.6 Å². The highest BCUT2D eigenvalue weighted by atomic mass is 19.1. The summed E-state index contributed by atoms with van der Waals surface area (Å²) in [5.74, 6) is -0.689. The number of halogens is 1. The van der Waals surface area contributed by atoms with E-state index in [0.717, 1.165) is 25.8 Å². The van der Waals surface area contributed by atoms with Crippen molar-refractivity contribution < 1.29 is 14.3 Å². The summed E-state index contributed by atoms with van der Waals surface area (Å²) in [7, 11) is 0. The summed E-state index contributed by atoms with van der Waals surface area (Å²) in [5, 5.41) is 16.3. The number of anilines is 4. The van der Waals surface area contributed by atoms with Crippen molar-refractivity contribution in [1.29, 1.82) is 0 Å². The molecule has 0 amide bonds. The average Bonchev–Trinajstić information content (AvgIpc) is 2.81. The Morgan fingerprint density at radius 1 is 1.12 bits per heavy atom. The number of rotatable bonds is 7. The normalized spacial score (nSPS) is 16.1. The van der Waals surface area contributed by atoms with Gasteiger partial charge in [0.15, 0.2) is 0 Å². The summed E-state index contributed by atoms with van der Waals surface area (Å²) < 4.78 is 14.2. The lowest BCUT2D eigenvalue weighted by Gasteiger charge is -2.33. The lowest BCUT2D eigenvalue weighted by atomic mass is 10.0. The SMILES string of the molecule is C[C@@H]1CCCCN1c1nc(N/N=C\c2ccccc2C(=O)O)nc(Nc2ccccc2F)n1.